The summed E-state index contributed by atoms with van der Waals surface area (Å²) in [5.74, 6) is -0.474. The van der Waals surface area contributed by atoms with Gasteiger partial charge in [-0.2, -0.15) is 13.2 Å². The summed E-state index contributed by atoms with van der Waals surface area (Å²) in [5.41, 5.74) is 4.35. The summed E-state index contributed by atoms with van der Waals surface area (Å²) in [6.07, 6.45) is -4.56. The number of hydrogen-bond donors (Lipinski definition) is 2. The zero-order valence-corrected chi connectivity index (χ0v) is 15.1. The fraction of sp³-hybridized carbons (Fsp3) is 0.278. The largest absolute Gasteiger partial charge is 0.497 e. The van der Waals surface area contributed by atoms with Crippen molar-refractivity contribution in [2.24, 2.45) is 5.73 Å². The van der Waals surface area contributed by atoms with Gasteiger partial charge in [0.2, 0.25) is 5.91 Å². The number of nitrogens with one attached hydrogen (secondary N) is 1. The maximum atomic E-state index is 13.2. The minimum Gasteiger partial charge on any atom is -0.497 e. The van der Waals surface area contributed by atoms with Crippen molar-refractivity contribution in [3.05, 3.63) is 65.2 Å². The standard InChI is InChI=1S/C18H19F3N2O2.ClH/c1-17(22,13-6-4-3-5-7-13)16(24)23-11-12-8-9-14(25-2)10-15(12)18(19,20)21;/h3-10H,11,22H2,1-2H3,(H,23,24);1H. The molecule has 4 nitrogen and oxygen atoms in total. The second-order valence-electron chi connectivity index (χ2n) is 5.77. The molecule has 0 aromatic heterocycles. The van der Waals surface area contributed by atoms with E-state index in [1.807, 2.05) is 0 Å². The van der Waals surface area contributed by atoms with Crippen LogP contribution in [-0.4, -0.2) is 13.0 Å². The van der Waals surface area contributed by atoms with Crippen LogP contribution in [0.4, 0.5) is 13.2 Å². The first kappa shape index (κ1) is 21.8. The molecule has 0 heterocycles. The number of rotatable bonds is 5. The van der Waals surface area contributed by atoms with E-state index in [2.05, 4.69) is 5.32 Å². The SMILES string of the molecule is COc1ccc(CNC(=O)C(C)(N)c2ccccc2)c(C(F)(F)F)c1.Cl. The van der Waals surface area contributed by atoms with E-state index in [4.69, 9.17) is 10.5 Å². The maximum Gasteiger partial charge on any atom is 0.416 e. The Bertz CT molecular complexity index is 750. The molecule has 26 heavy (non-hydrogen) atoms. The molecule has 0 aliphatic rings. The topological polar surface area (TPSA) is 64.3 Å². The predicted octanol–water partition coefficient (Wildman–Crippen LogP) is 3.63. The molecule has 3 N–H and O–H groups in total. The van der Waals surface area contributed by atoms with Gasteiger partial charge in [-0.05, 0) is 30.2 Å². The smallest absolute Gasteiger partial charge is 0.416 e. The molecule has 2 rings (SSSR count). The molecule has 1 unspecified atom stereocenters. The van der Waals surface area contributed by atoms with E-state index in [1.165, 1.54) is 26.2 Å². The molecule has 2 aromatic carbocycles. The summed E-state index contributed by atoms with van der Waals surface area (Å²) in [4.78, 5) is 12.4. The van der Waals surface area contributed by atoms with Gasteiger partial charge in [-0.1, -0.05) is 36.4 Å². The van der Waals surface area contributed by atoms with Gasteiger partial charge in [0.05, 0.1) is 12.7 Å². The van der Waals surface area contributed by atoms with Gasteiger partial charge >= 0.3 is 6.18 Å². The molecule has 0 aliphatic heterocycles. The zero-order valence-electron chi connectivity index (χ0n) is 14.3. The molecule has 0 saturated heterocycles. The van der Waals surface area contributed by atoms with Gasteiger partial charge in [0, 0.05) is 6.54 Å². The zero-order chi connectivity index (χ0) is 18.7. The first-order chi connectivity index (χ1) is 11.7. The van der Waals surface area contributed by atoms with E-state index < -0.39 is 23.2 Å². The van der Waals surface area contributed by atoms with Crippen molar-refractivity contribution in [2.75, 3.05) is 7.11 Å². The lowest BCUT2D eigenvalue weighted by molar-refractivity contribution is -0.138. The van der Waals surface area contributed by atoms with Crippen molar-refractivity contribution in [2.45, 2.75) is 25.2 Å². The minimum atomic E-state index is -4.56. The van der Waals surface area contributed by atoms with E-state index in [0.717, 1.165) is 6.07 Å². The van der Waals surface area contributed by atoms with Gasteiger partial charge in [0.25, 0.3) is 0 Å². The average Bonchev–Trinajstić information content (AvgIpc) is 2.59. The van der Waals surface area contributed by atoms with Crippen LogP contribution in [0, 0.1) is 0 Å². The number of amides is 1. The highest BCUT2D eigenvalue weighted by molar-refractivity contribution is 5.87. The van der Waals surface area contributed by atoms with E-state index >= 15 is 0 Å². The lowest BCUT2D eigenvalue weighted by atomic mass is 9.92. The summed E-state index contributed by atoms with van der Waals surface area (Å²) in [6.45, 7) is 1.22. The predicted molar refractivity (Wildman–Crippen MR) is 95.1 cm³/mol. The van der Waals surface area contributed by atoms with Crippen molar-refractivity contribution < 1.29 is 22.7 Å². The summed E-state index contributed by atoms with van der Waals surface area (Å²) in [5, 5.41) is 2.48. The number of carbonyl (C=O) groups excluding carboxylic acids is 1. The van der Waals surface area contributed by atoms with Crippen LogP contribution in [0.1, 0.15) is 23.6 Å². The molecular weight excluding hydrogens is 369 g/mol. The van der Waals surface area contributed by atoms with Crippen LogP contribution in [0.25, 0.3) is 0 Å². The molecule has 0 spiro atoms. The first-order valence-electron chi connectivity index (χ1n) is 7.53. The Morgan fingerprint density at radius 2 is 1.77 bits per heavy atom. The number of hydrogen-bond acceptors (Lipinski definition) is 3. The highest BCUT2D eigenvalue weighted by Gasteiger charge is 2.35. The molecule has 0 aliphatic carbocycles. The number of ether oxygens (including phenoxy) is 1. The van der Waals surface area contributed by atoms with E-state index in [1.54, 1.807) is 30.3 Å². The van der Waals surface area contributed by atoms with Crippen LogP contribution >= 0.6 is 12.4 Å². The molecule has 0 bridgehead atoms. The van der Waals surface area contributed by atoms with Gasteiger partial charge in [-0.3, -0.25) is 4.79 Å². The molecule has 0 fully saturated rings. The first-order valence-corrected chi connectivity index (χ1v) is 7.53. The van der Waals surface area contributed by atoms with Gasteiger partial charge in [-0.25, -0.2) is 0 Å². The van der Waals surface area contributed by atoms with Gasteiger partial charge in [-0.15, -0.1) is 12.4 Å². The molecule has 0 saturated carbocycles. The molecule has 8 heteroatoms. The Morgan fingerprint density at radius 1 is 1.15 bits per heavy atom. The Hall–Kier alpha value is -2.25. The highest BCUT2D eigenvalue weighted by atomic mass is 35.5. The Morgan fingerprint density at radius 3 is 2.31 bits per heavy atom. The van der Waals surface area contributed by atoms with E-state index in [0.29, 0.717) is 5.56 Å². The fourth-order valence-corrected chi connectivity index (χ4v) is 2.38. The molecule has 0 radical (unpaired) electrons. The lowest BCUT2D eigenvalue weighted by Crippen LogP contribution is -2.48. The number of alkyl halides is 3. The highest BCUT2D eigenvalue weighted by Crippen LogP contribution is 2.34. The number of methoxy groups -OCH3 is 1. The quantitative estimate of drug-likeness (QED) is 0.822. The van der Waals surface area contributed by atoms with Crippen LogP contribution in [0.5, 0.6) is 5.75 Å². The molecule has 2 aromatic rings. The minimum absolute atomic E-state index is 0. The molecule has 142 valence electrons. The second-order valence-corrected chi connectivity index (χ2v) is 5.77. The van der Waals surface area contributed by atoms with Gasteiger partial charge < -0.3 is 15.8 Å². The number of benzene rings is 2. The third-order valence-electron chi connectivity index (χ3n) is 3.91. The normalized spacial score (nSPS) is 13.3. The summed E-state index contributed by atoms with van der Waals surface area (Å²) in [6, 6.07) is 12.2. The third kappa shape index (κ3) is 4.89. The van der Waals surface area contributed by atoms with Crippen molar-refractivity contribution in [3.8, 4) is 5.75 Å². The Kier molecular flexibility index (Phi) is 7.06. The van der Waals surface area contributed by atoms with Crippen LogP contribution in [0.15, 0.2) is 48.5 Å². The van der Waals surface area contributed by atoms with E-state index in [9.17, 15) is 18.0 Å². The van der Waals surface area contributed by atoms with Crippen LogP contribution in [0.3, 0.4) is 0 Å². The van der Waals surface area contributed by atoms with Crippen LogP contribution in [0.2, 0.25) is 0 Å². The molecular formula is C18H20ClF3N2O2. The fourth-order valence-electron chi connectivity index (χ4n) is 2.38. The lowest BCUT2D eigenvalue weighted by Gasteiger charge is -2.24. The summed E-state index contributed by atoms with van der Waals surface area (Å²) in [7, 11) is 1.29. The van der Waals surface area contributed by atoms with Crippen molar-refractivity contribution >= 4 is 18.3 Å². The van der Waals surface area contributed by atoms with Crippen molar-refractivity contribution in [3.63, 3.8) is 0 Å². The maximum absolute atomic E-state index is 13.2. The molecule has 1 atom stereocenters. The van der Waals surface area contributed by atoms with Crippen molar-refractivity contribution in [1.82, 2.24) is 5.32 Å². The summed E-state index contributed by atoms with van der Waals surface area (Å²) >= 11 is 0. The van der Waals surface area contributed by atoms with Crippen LogP contribution in [-0.2, 0) is 23.1 Å². The monoisotopic (exact) mass is 388 g/mol. The molecule has 1 amide bonds. The Labute approximate surface area is 155 Å². The Balaban J connectivity index is 0.00000338. The summed E-state index contributed by atoms with van der Waals surface area (Å²) < 4.78 is 44.4. The third-order valence-corrected chi connectivity index (χ3v) is 3.91. The van der Waals surface area contributed by atoms with E-state index in [-0.39, 0.29) is 30.3 Å². The number of carbonyl (C=O) groups is 1. The van der Waals surface area contributed by atoms with Gasteiger partial charge in [0.1, 0.15) is 11.3 Å². The average molecular weight is 389 g/mol. The second kappa shape index (κ2) is 8.42. The number of halogens is 4. The van der Waals surface area contributed by atoms with Gasteiger partial charge in [0.15, 0.2) is 0 Å². The van der Waals surface area contributed by atoms with Crippen LogP contribution < -0.4 is 15.8 Å². The van der Waals surface area contributed by atoms with Crippen molar-refractivity contribution in [1.29, 1.82) is 0 Å². The number of nitrogens with two attached hydrogens (primary N) is 1.